The molecule has 16 heavy (non-hydrogen) atoms. The minimum atomic E-state index is -0.938. The van der Waals surface area contributed by atoms with Crippen molar-refractivity contribution >= 4 is 11.4 Å². The van der Waals surface area contributed by atoms with Gasteiger partial charge in [-0.05, 0) is 18.6 Å². The Morgan fingerprint density at radius 3 is 2.50 bits per heavy atom. The predicted octanol–water partition coefficient (Wildman–Crippen LogP) is 1.44. The maximum atomic E-state index is 9.92. The monoisotopic (exact) mass is 224 g/mol. The summed E-state index contributed by atoms with van der Waals surface area (Å²) in [6, 6.07) is 4.91. The maximum Gasteiger partial charge on any atom is 0.107 e. The minimum Gasteiger partial charge on any atom is -0.399 e. The molecule has 0 fully saturated rings. The molecular weight excluding hydrogens is 204 g/mol. The van der Waals surface area contributed by atoms with Crippen molar-refractivity contribution in [1.82, 2.24) is 0 Å². The molecule has 0 saturated carbocycles. The molecule has 0 bridgehead atoms. The lowest BCUT2D eigenvalue weighted by Crippen LogP contribution is -2.19. The van der Waals surface area contributed by atoms with Crippen molar-refractivity contribution in [3.05, 3.63) is 23.8 Å². The average molecular weight is 224 g/mol. The molecule has 0 aliphatic heterocycles. The number of anilines is 2. The van der Waals surface area contributed by atoms with E-state index >= 15 is 0 Å². The average Bonchev–Trinajstić information content (AvgIpc) is 2.25. The highest BCUT2D eigenvalue weighted by Gasteiger charge is 2.19. The largest absolute Gasteiger partial charge is 0.399 e. The van der Waals surface area contributed by atoms with Crippen LogP contribution in [0.3, 0.4) is 0 Å². The molecule has 0 radical (unpaired) electrons. The van der Waals surface area contributed by atoms with E-state index in [0.29, 0.717) is 23.4 Å². The molecule has 1 aromatic rings. The summed E-state index contributed by atoms with van der Waals surface area (Å²) >= 11 is 0. The Kier molecular flexibility index (Phi) is 4.58. The fraction of sp³-hybridized carbons (Fsp3) is 0.500. The van der Waals surface area contributed by atoms with E-state index in [1.807, 2.05) is 6.92 Å². The van der Waals surface area contributed by atoms with Gasteiger partial charge in [0.05, 0.1) is 6.10 Å². The fourth-order valence-corrected chi connectivity index (χ4v) is 1.64. The Bertz CT molecular complexity index is 342. The number of aliphatic hydroxyl groups is 2. The van der Waals surface area contributed by atoms with Gasteiger partial charge in [0, 0.05) is 16.9 Å². The number of unbranched alkanes of at least 4 members (excludes halogenated alkanes) is 1. The first-order valence-electron chi connectivity index (χ1n) is 5.57. The Hall–Kier alpha value is -1.26. The highest BCUT2D eigenvalue weighted by Crippen LogP contribution is 2.26. The van der Waals surface area contributed by atoms with E-state index in [0.717, 1.165) is 12.8 Å². The first-order chi connectivity index (χ1) is 7.56. The second kappa shape index (κ2) is 5.72. The van der Waals surface area contributed by atoms with Crippen molar-refractivity contribution in [1.29, 1.82) is 0 Å². The summed E-state index contributed by atoms with van der Waals surface area (Å²) in [5.74, 6) is 0. The third-order valence-electron chi connectivity index (χ3n) is 2.65. The number of hydrogen-bond donors (Lipinski definition) is 4. The van der Waals surface area contributed by atoms with E-state index in [1.54, 1.807) is 18.2 Å². The zero-order valence-electron chi connectivity index (χ0n) is 9.56. The molecule has 0 aliphatic rings. The second-order valence-electron chi connectivity index (χ2n) is 4.04. The highest BCUT2D eigenvalue weighted by molar-refractivity contribution is 5.57. The van der Waals surface area contributed by atoms with Gasteiger partial charge in [0.1, 0.15) is 6.10 Å². The van der Waals surface area contributed by atoms with Gasteiger partial charge >= 0.3 is 0 Å². The SMILES string of the molecule is CCCCC(O)C(O)c1ccc(N)cc1N. The number of hydrogen-bond acceptors (Lipinski definition) is 4. The summed E-state index contributed by atoms with van der Waals surface area (Å²) in [7, 11) is 0. The lowest BCUT2D eigenvalue weighted by atomic mass is 9.98. The van der Waals surface area contributed by atoms with Gasteiger partial charge < -0.3 is 21.7 Å². The molecule has 4 nitrogen and oxygen atoms in total. The maximum absolute atomic E-state index is 9.92. The van der Waals surface area contributed by atoms with Gasteiger partial charge in [-0.15, -0.1) is 0 Å². The molecule has 0 aliphatic carbocycles. The fourth-order valence-electron chi connectivity index (χ4n) is 1.64. The molecule has 0 saturated heterocycles. The lowest BCUT2D eigenvalue weighted by Gasteiger charge is -2.19. The molecular formula is C12H20N2O2. The van der Waals surface area contributed by atoms with Crippen LogP contribution >= 0.6 is 0 Å². The third-order valence-corrected chi connectivity index (χ3v) is 2.65. The van der Waals surface area contributed by atoms with Crippen LogP contribution < -0.4 is 11.5 Å². The minimum absolute atomic E-state index is 0.419. The Morgan fingerprint density at radius 2 is 1.94 bits per heavy atom. The first-order valence-corrected chi connectivity index (χ1v) is 5.57. The summed E-state index contributed by atoms with van der Waals surface area (Å²) in [6.45, 7) is 2.04. The van der Waals surface area contributed by atoms with Crippen molar-refractivity contribution < 1.29 is 10.2 Å². The van der Waals surface area contributed by atoms with E-state index in [4.69, 9.17) is 11.5 Å². The number of benzene rings is 1. The van der Waals surface area contributed by atoms with Crippen LogP contribution in [0.15, 0.2) is 18.2 Å². The van der Waals surface area contributed by atoms with Crippen molar-refractivity contribution in [3.63, 3.8) is 0 Å². The zero-order chi connectivity index (χ0) is 12.1. The summed E-state index contributed by atoms with van der Waals surface area (Å²) < 4.78 is 0. The van der Waals surface area contributed by atoms with Gasteiger partial charge in [0.15, 0.2) is 0 Å². The van der Waals surface area contributed by atoms with Crippen molar-refractivity contribution in [2.75, 3.05) is 11.5 Å². The van der Waals surface area contributed by atoms with Gasteiger partial charge in [0.25, 0.3) is 0 Å². The Balaban J connectivity index is 2.75. The summed E-state index contributed by atoms with van der Waals surface area (Å²) in [6.07, 6.45) is 0.730. The molecule has 90 valence electrons. The van der Waals surface area contributed by atoms with E-state index in [1.165, 1.54) is 0 Å². The van der Waals surface area contributed by atoms with E-state index in [2.05, 4.69) is 0 Å². The predicted molar refractivity (Wildman–Crippen MR) is 65.8 cm³/mol. The molecule has 0 aromatic heterocycles. The van der Waals surface area contributed by atoms with Crippen molar-refractivity contribution in [2.24, 2.45) is 0 Å². The quantitative estimate of drug-likeness (QED) is 0.569. The molecule has 0 amide bonds. The molecule has 6 N–H and O–H groups in total. The summed E-state index contributed by atoms with van der Waals surface area (Å²) in [5, 5.41) is 19.7. The van der Waals surface area contributed by atoms with Crippen molar-refractivity contribution in [3.8, 4) is 0 Å². The molecule has 0 heterocycles. The van der Waals surface area contributed by atoms with Crippen LogP contribution in [0.25, 0.3) is 0 Å². The number of nitrogens with two attached hydrogens (primary N) is 2. The third kappa shape index (κ3) is 3.12. The summed E-state index contributed by atoms with van der Waals surface area (Å²) in [4.78, 5) is 0. The smallest absolute Gasteiger partial charge is 0.107 e. The van der Waals surface area contributed by atoms with Crippen LogP contribution in [0, 0.1) is 0 Å². The highest BCUT2D eigenvalue weighted by atomic mass is 16.3. The van der Waals surface area contributed by atoms with Crippen LogP contribution in [0.1, 0.15) is 37.9 Å². The van der Waals surface area contributed by atoms with Crippen LogP contribution in [0.5, 0.6) is 0 Å². The number of nitrogen functional groups attached to an aromatic ring is 2. The number of rotatable bonds is 5. The first kappa shape index (κ1) is 12.8. The van der Waals surface area contributed by atoms with Crippen LogP contribution in [0.2, 0.25) is 0 Å². The Labute approximate surface area is 95.9 Å². The van der Waals surface area contributed by atoms with Gasteiger partial charge in [-0.2, -0.15) is 0 Å². The molecule has 1 rings (SSSR count). The van der Waals surface area contributed by atoms with Crippen LogP contribution in [0.4, 0.5) is 11.4 Å². The topological polar surface area (TPSA) is 92.5 Å². The van der Waals surface area contributed by atoms with Gasteiger partial charge in [-0.3, -0.25) is 0 Å². The van der Waals surface area contributed by atoms with Gasteiger partial charge in [-0.1, -0.05) is 25.8 Å². The molecule has 1 aromatic carbocycles. The summed E-state index contributed by atoms with van der Waals surface area (Å²) in [5.41, 5.74) is 12.8. The lowest BCUT2D eigenvalue weighted by molar-refractivity contribution is 0.0127. The van der Waals surface area contributed by atoms with E-state index in [9.17, 15) is 10.2 Å². The van der Waals surface area contributed by atoms with E-state index in [-0.39, 0.29) is 0 Å². The van der Waals surface area contributed by atoms with Crippen molar-refractivity contribution in [2.45, 2.75) is 38.4 Å². The molecule has 4 heteroatoms. The molecule has 2 unspecified atom stereocenters. The van der Waals surface area contributed by atoms with Crippen LogP contribution in [-0.4, -0.2) is 16.3 Å². The molecule has 0 spiro atoms. The standard InChI is InChI=1S/C12H20N2O2/c1-2-3-4-11(15)12(16)9-6-5-8(13)7-10(9)14/h5-7,11-12,15-16H,2-4,13-14H2,1H3. The second-order valence-corrected chi connectivity index (χ2v) is 4.04. The normalized spacial score (nSPS) is 14.7. The van der Waals surface area contributed by atoms with Crippen LogP contribution in [-0.2, 0) is 0 Å². The van der Waals surface area contributed by atoms with Gasteiger partial charge in [-0.25, -0.2) is 0 Å². The van der Waals surface area contributed by atoms with Gasteiger partial charge in [0.2, 0.25) is 0 Å². The zero-order valence-corrected chi connectivity index (χ0v) is 9.56. The number of aliphatic hydroxyl groups excluding tert-OH is 2. The molecule has 2 atom stereocenters. The Morgan fingerprint density at radius 1 is 1.25 bits per heavy atom. The van der Waals surface area contributed by atoms with E-state index < -0.39 is 12.2 Å².